The number of aryl methyl sites for hydroxylation is 1. The Kier molecular flexibility index (Phi) is 4.36. The van der Waals surface area contributed by atoms with Gasteiger partial charge in [-0.25, -0.2) is 15.0 Å². The first kappa shape index (κ1) is 13.8. The topological polar surface area (TPSA) is 75.9 Å². The highest BCUT2D eigenvalue weighted by atomic mass is 79.9. The maximum absolute atomic E-state index is 5.49. The number of halogens is 1. The second-order valence-electron chi connectivity index (χ2n) is 4.09. The average Bonchev–Trinajstić information content (AvgIpc) is 2.81. The summed E-state index contributed by atoms with van der Waals surface area (Å²) in [6.45, 7) is 6.64. The van der Waals surface area contributed by atoms with E-state index in [1.807, 2.05) is 20.8 Å². The predicted octanol–water partition coefficient (Wildman–Crippen LogP) is 3.14. The van der Waals surface area contributed by atoms with E-state index in [1.54, 1.807) is 6.20 Å². The van der Waals surface area contributed by atoms with Crippen molar-refractivity contribution in [3.8, 4) is 0 Å². The molecular weight excluding hydrogens is 310 g/mol. The highest BCUT2D eigenvalue weighted by Gasteiger charge is 2.15. The molecule has 0 aliphatic heterocycles. The predicted molar refractivity (Wildman–Crippen MR) is 77.2 cm³/mol. The molecule has 2 heterocycles. The molecule has 0 saturated carbocycles. The zero-order valence-corrected chi connectivity index (χ0v) is 12.7. The molecule has 0 bridgehead atoms. The van der Waals surface area contributed by atoms with Gasteiger partial charge in [0, 0.05) is 6.54 Å². The molecule has 2 aromatic rings. The van der Waals surface area contributed by atoms with Crippen molar-refractivity contribution in [3.05, 3.63) is 28.6 Å². The molecule has 2 N–H and O–H groups in total. The Morgan fingerprint density at radius 2 is 2.05 bits per heavy atom. The number of nitrogens with zero attached hydrogens (tertiary/aromatic N) is 3. The Balaban J connectivity index is 2.16. The van der Waals surface area contributed by atoms with Crippen LogP contribution in [0, 0.1) is 6.92 Å². The van der Waals surface area contributed by atoms with E-state index in [1.165, 1.54) is 6.33 Å². The molecule has 6 nitrogen and oxygen atoms in total. The summed E-state index contributed by atoms with van der Waals surface area (Å²) in [7, 11) is 0. The molecule has 102 valence electrons. The quantitative estimate of drug-likeness (QED) is 0.879. The molecule has 7 heteroatoms. The zero-order valence-electron chi connectivity index (χ0n) is 11.1. The number of nitrogens with one attached hydrogen (secondary N) is 2. The molecule has 19 heavy (non-hydrogen) atoms. The van der Waals surface area contributed by atoms with Crippen LogP contribution >= 0.6 is 15.9 Å². The lowest BCUT2D eigenvalue weighted by atomic mass is 10.3. The van der Waals surface area contributed by atoms with Gasteiger partial charge in [-0.3, -0.25) is 0 Å². The van der Waals surface area contributed by atoms with Crippen LogP contribution in [0.5, 0.6) is 0 Å². The van der Waals surface area contributed by atoms with E-state index in [4.69, 9.17) is 4.42 Å². The van der Waals surface area contributed by atoms with Crippen molar-refractivity contribution in [2.75, 3.05) is 17.2 Å². The normalized spacial score (nSPS) is 12.2. The number of hydrogen-bond acceptors (Lipinski definition) is 6. The molecule has 1 atom stereocenters. The van der Waals surface area contributed by atoms with Gasteiger partial charge in [-0.05, 0) is 36.7 Å². The Hall–Kier alpha value is -1.63. The van der Waals surface area contributed by atoms with Gasteiger partial charge in [-0.15, -0.1) is 0 Å². The summed E-state index contributed by atoms with van der Waals surface area (Å²) in [5.74, 6) is 2.89. The van der Waals surface area contributed by atoms with Crippen LogP contribution in [0.15, 0.2) is 21.4 Å². The molecule has 0 fully saturated rings. The van der Waals surface area contributed by atoms with Gasteiger partial charge in [-0.2, -0.15) is 0 Å². The van der Waals surface area contributed by atoms with Crippen LogP contribution in [-0.2, 0) is 0 Å². The number of aromatic nitrogens is 3. The number of oxazole rings is 1. The highest BCUT2D eigenvalue weighted by molar-refractivity contribution is 9.10. The molecule has 0 radical (unpaired) electrons. The fourth-order valence-corrected chi connectivity index (χ4v) is 2.06. The minimum atomic E-state index is -0.0747. The number of anilines is 2. The lowest BCUT2D eigenvalue weighted by molar-refractivity contribution is 0.453. The lowest BCUT2D eigenvalue weighted by Gasteiger charge is -2.14. The summed E-state index contributed by atoms with van der Waals surface area (Å²) in [6.07, 6.45) is 3.21. The summed E-state index contributed by atoms with van der Waals surface area (Å²) < 4.78 is 6.29. The second-order valence-corrected chi connectivity index (χ2v) is 4.88. The van der Waals surface area contributed by atoms with Gasteiger partial charge < -0.3 is 15.1 Å². The second kappa shape index (κ2) is 6.01. The highest BCUT2D eigenvalue weighted by Crippen LogP contribution is 2.29. The first-order valence-electron chi connectivity index (χ1n) is 6.05. The zero-order chi connectivity index (χ0) is 13.8. The third-order valence-corrected chi connectivity index (χ3v) is 3.25. The maximum Gasteiger partial charge on any atom is 0.216 e. The molecular formula is C12H16BrN5O. The van der Waals surface area contributed by atoms with Crippen LogP contribution in [0.25, 0.3) is 0 Å². The minimum absolute atomic E-state index is 0.0747. The summed E-state index contributed by atoms with van der Waals surface area (Å²) in [6, 6.07) is -0.0747. The van der Waals surface area contributed by atoms with Crippen molar-refractivity contribution in [2.24, 2.45) is 0 Å². The van der Waals surface area contributed by atoms with Crippen LogP contribution in [0.2, 0.25) is 0 Å². The van der Waals surface area contributed by atoms with Crippen LogP contribution in [0.1, 0.15) is 31.5 Å². The van der Waals surface area contributed by atoms with Crippen molar-refractivity contribution < 1.29 is 4.42 Å². The van der Waals surface area contributed by atoms with Gasteiger partial charge in [0.2, 0.25) is 5.89 Å². The van der Waals surface area contributed by atoms with E-state index in [0.717, 1.165) is 22.6 Å². The summed E-state index contributed by atoms with van der Waals surface area (Å²) in [5, 5.41) is 6.40. The van der Waals surface area contributed by atoms with E-state index in [-0.39, 0.29) is 6.04 Å². The molecule has 0 aromatic carbocycles. The van der Waals surface area contributed by atoms with Crippen LogP contribution in [0.3, 0.4) is 0 Å². The standard InChI is InChI=1S/C12H16BrN5O/c1-4-14-10-9(13)11(17-6-16-10)18-8(3)12-15-5-7(2)19-12/h5-6,8H,4H2,1-3H3,(H2,14,16,17,18). The smallest absolute Gasteiger partial charge is 0.216 e. The Morgan fingerprint density at radius 3 is 2.68 bits per heavy atom. The lowest BCUT2D eigenvalue weighted by Crippen LogP contribution is -2.10. The average molecular weight is 326 g/mol. The van der Waals surface area contributed by atoms with Crippen LogP contribution in [-0.4, -0.2) is 21.5 Å². The van der Waals surface area contributed by atoms with Gasteiger partial charge >= 0.3 is 0 Å². The van der Waals surface area contributed by atoms with Crippen molar-refractivity contribution >= 4 is 27.6 Å². The molecule has 2 rings (SSSR count). The fourth-order valence-electron chi connectivity index (χ4n) is 1.60. The Labute approximate surface area is 120 Å². The molecule has 0 aliphatic rings. The Morgan fingerprint density at radius 1 is 1.32 bits per heavy atom. The Bertz CT molecular complexity index is 557. The van der Waals surface area contributed by atoms with Crippen LogP contribution < -0.4 is 10.6 Å². The fraction of sp³-hybridized carbons (Fsp3) is 0.417. The molecule has 0 saturated heterocycles. The molecule has 0 spiro atoms. The van der Waals surface area contributed by atoms with Gasteiger partial charge in [0.1, 0.15) is 34.2 Å². The molecule has 0 amide bonds. The third kappa shape index (κ3) is 3.23. The first-order chi connectivity index (χ1) is 9.11. The van der Waals surface area contributed by atoms with E-state index >= 15 is 0 Å². The van der Waals surface area contributed by atoms with Crippen molar-refractivity contribution in [1.82, 2.24) is 15.0 Å². The largest absolute Gasteiger partial charge is 0.444 e. The summed E-state index contributed by atoms with van der Waals surface area (Å²) in [4.78, 5) is 12.6. The van der Waals surface area contributed by atoms with Gasteiger partial charge in [0.15, 0.2) is 0 Å². The van der Waals surface area contributed by atoms with E-state index in [9.17, 15) is 0 Å². The number of rotatable bonds is 5. The molecule has 2 aromatic heterocycles. The van der Waals surface area contributed by atoms with E-state index in [2.05, 4.69) is 41.5 Å². The molecule has 1 unspecified atom stereocenters. The first-order valence-corrected chi connectivity index (χ1v) is 6.84. The number of hydrogen-bond donors (Lipinski definition) is 2. The van der Waals surface area contributed by atoms with Crippen LogP contribution in [0.4, 0.5) is 11.6 Å². The summed E-state index contributed by atoms with van der Waals surface area (Å²) >= 11 is 3.49. The third-order valence-electron chi connectivity index (χ3n) is 2.50. The van der Waals surface area contributed by atoms with Crippen molar-refractivity contribution in [2.45, 2.75) is 26.8 Å². The van der Waals surface area contributed by atoms with Gasteiger partial charge in [0.05, 0.1) is 6.20 Å². The molecule has 0 aliphatic carbocycles. The minimum Gasteiger partial charge on any atom is -0.444 e. The summed E-state index contributed by atoms with van der Waals surface area (Å²) in [5.41, 5.74) is 0. The van der Waals surface area contributed by atoms with E-state index < -0.39 is 0 Å². The monoisotopic (exact) mass is 325 g/mol. The SMILES string of the molecule is CCNc1ncnc(NC(C)c2ncc(C)o2)c1Br. The van der Waals surface area contributed by atoms with Gasteiger partial charge in [0.25, 0.3) is 0 Å². The van der Waals surface area contributed by atoms with Crippen molar-refractivity contribution in [3.63, 3.8) is 0 Å². The van der Waals surface area contributed by atoms with Gasteiger partial charge in [-0.1, -0.05) is 0 Å². The van der Waals surface area contributed by atoms with E-state index in [0.29, 0.717) is 11.7 Å². The maximum atomic E-state index is 5.49. The van der Waals surface area contributed by atoms with Crippen molar-refractivity contribution in [1.29, 1.82) is 0 Å².